The van der Waals surface area contributed by atoms with Gasteiger partial charge in [0.2, 0.25) is 15.9 Å². The van der Waals surface area contributed by atoms with Crippen LogP contribution in [0.3, 0.4) is 0 Å². The van der Waals surface area contributed by atoms with Gasteiger partial charge in [0.05, 0.1) is 42.1 Å². The average Bonchev–Trinajstić information content (AvgIpc) is 3.59. The van der Waals surface area contributed by atoms with Crippen LogP contribution < -0.4 is 19.3 Å². The fourth-order valence-corrected chi connectivity index (χ4v) is 6.22. The van der Waals surface area contributed by atoms with Crippen LogP contribution in [-0.2, 0) is 21.5 Å². The molecule has 2 aliphatic rings. The predicted octanol–water partition coefficient (Wildman–Crippen LogP) is 4.20. The highest BCUT2D eigenvalue weighted by Gasteiger charge is 2.30. The van der Waals surface area contributed by atoms with Crippen LogP contribution >= 0.6 is 0 Å². The standard InChI is InChI=1S/C30H28FN5O6S/c1-32-29(37)27-19-13-18(23(34(2)43(3,38)39)15-26(19)42-30(27)35-9-11-40-12-10-35)21-7-8-25-28(33-21)24-14-17-20(31)5-4-6-22(17)36(24)16-41-25/h4-8,13-15H,9-12,16H2,1-3H3,(H,32,37). The van der Waals surface area contributed by atoms with Gasteiger partial charge in [-0.1, -0.05) is 6.07 Å². The third-order valence-electron chi connectivity index (χ3n) is 8.00. The lowest BCUT2D eigenvalue weighted by Crippen LogP contribution is -2.37. The molecule has 1 N–H and O–H groups in total. The highest BCUT2D eigenvalue weighted by molar-refractivity contribution is 7.92. The molecule has 1 amide bonds. The van der Waals surface area contributed by atoms with Crippen molar-refractivity contribution in [3.8, 4) is 28.4 Å². The number of sulfonamides is 1. The highest BCUT2D eigenvalue weighted by atomic mass is 32.2. The number of rotatable bonds is 5. The molecule has 0 atom stereocenters. The molecule has 0 unspecified atom stereocenters. The third-order valence-corrected chi connectivity index (χ3v) is 9.19. The number of anilines is 2. The molecule has 1 saturated heterocycles. The van der Waals surface area contributed by atoms with Crippen molar-refractivity contribution in [2.45, 2.75) is 6.73 Å². The Morgan fingerprint density at radius 1 is 1.09 bits per heavy atom. The number of halogens is 1. The number of hydrogen-bond donors (Lipinski definition) is 1. The van der Waals surface area contributed by atoms with E-state index in [-0.39, 0.29) is 18.5 Å². The number of furan rings is 1. The van der Waals surface area contributed by atoms with Crippen LogP contribution in [0.15, 0.2) is 52.9 Å². The summed E-state index contributed by atoms with van der Waals surface area (Å²) in [5.74, 6) is 0.217. The van der Waals surface area contributed by atoms with Crippen molar-refractivity contribution in [3.63, 3.8) is 0 Å². The van der Waals surface area contributed by atoms with Crippen LogP contribution in [0.25, 0.3) is 44.5 Å². The lowest BCUT2D eigenvalue weighted by Gasteiger charge is -2.27. The predicted molar refractivity (Wildman–Crippen MR) is 161 cm³/mol. The molecule has 2 aliphatic heterocycles. The Balaban J connectivity index is 1.47. The van der Waals surface area contributed by atoms with Crippen LogP contribution in [0.4, 0.5) is 16.0 Å². The van der Waals surface area contributed by atoms with Crippen LogP contribution in [0.1, 0.15) is 10.4 Å². The first kappa shape index (κ1) is 27.2. The Morgan fingerprint density at radius 2 is 1.88 bits per heavy atom. The molecular weight excluding hydrogens is 577 g/mol. The first-order valence-corrected chi connectivity index (χ1v) is 15.5. The van der Waals surface area contributed by atoms with Crippen LogP contribution in [-0.4, -0.2) is 70.5 Å². The number of fused-ring (bicyclic) bond motifs is 6. The lowest BCUT2D eigenvalue weighted by molar-refractivity contribution is 0.0961. The number of nitrogens with zero attached hydrogens (tertiary/aromatic N) is 4. The number of aromatic nitrogens is 2. The summed E-state index contributed by atoms with van der Waals surface area (Å²) >= 11 is 0. The molecule has 0 saturated carbocycles. The normalized spacial score (nSPS) is 14.8. The van der Waals surface area contributed by atoms with Gasteiger partial charge in [-0.15, -0.1) is 0 Å². The molecule has 5 aromatic rings. The van der Waals surface area contributed by atoms with E-state index < -0.39 is 10.0 Å². The van der Waals surface area contributed by atoms with Gasteiger partial charge in [0.15, 0.2) is 6.73 Å². The second-order valence-electron chi connectivity index (χ2n) is 10.5. The zero-order valence-corrected chi connectivity index (χ0v) is 24.5. The van der Waals surface area contributed by atoms with Gasteiger partial charge in [0.25, 0.3) is 5.91 Å². The van der Waals surface area contributed by atoms with Crippen molar-refractivity contribution in [2.24, 2.45) is 0 Å². The van der Waals surface area contributed by atoms with Gasteiger partial charge in [-0.05, 0) is 36.4 Å². The van der Waals surface area contributed by atoms with E-state index in [0.29, 0.717) is 93.7 Å². The largest absolute Gasteiger partial charge is 0.470 e. The second kappa shape index (κ2) is 9.99. The molecule has 2 aromatic carbocycles. The average molecular weight is 606 g/mol. The molecule has 0 aliphatic carbocycles. The minimum Gasteiger partial charge on any atom is -0.470 e. The van der Waals surface area contributed by atoms with E-state index in [1.807, 2.05) is 15.5 Å². The fourth-order valence-electron chi connectivity index (χ4n) is 5.71. The summed E-state index contributed by atoms with van der Waals surface area (Å²) < 4.78 is 60.9. The Hall–Kier alpha value is -4.62. The summed E-state index contributed by atoms with van der Waals surface area (Å²) in [5.41, 5.74) is 3.74. The summed E-state index contributed by atoms with van der Waals surface area (Å²) in [4.78, 5) is 20.1. The molecule has 222 valence electrons. The summed E-state index contributed by atoms with van der Waals surface area (Å²) in [6.45, 7) is 2.24. The SMILES string of the molecule is CNC(=O)c1c(N2CCOCC2)oc2cc(N(C)S(C)(=O)=O)c(-c3ccc4c(n3)-c3cc5c(F)cccc5n3CO4)cc12. The van der Waals surface area contributed by atoms with Crippen molar-refractivity contribution in [2.75, 3.05) is 55.9 Å². The number of amides is 1. The summed E-state index contributed by atoms with van der Waals surface area (Å²) in [6.07, 6.45) is 1.11. The maximum atomic E-state index is 14.7. The molecule has 7 rings (SSSR count). The molecular formula is C30H28FN5O6S. The van der Waals surface area contributed by atoms with Gasteiger partial charge in [-0.25, -0.2) is 17.8 Å². The Bertz CT molecular complexity index is 2050. The highest BCUT2D eigenvalue weighted by Crippen LogP contribution is 2.43. The number of carbonyl (C=O) groups excluding carboxylic acids is 1. The van der Waals surface area contributed by atoms with Crippen molar-refractivity contribution in [1.82, 2.24) is 14.9 Å². The number of ether oxygens (including phenoxy) is 2. The van der Waals surface area contributed by atoms with E-state index in [9.17, 15) is 17.6 Å². The smallest absolute Gasteiger partial charge is 0.257 e. The van der Waals surface area contributed by atoms with E-state index in [4.69, 9.17) is 18.9 Å². The number of nitrogens with one attached hydrogen (secondary N) is 1. The number of carbonyl (C=O) groups is 1. The van der Waals surface area contributed by atoms with Gasteiger partial charge in [0.1, 0.15) is 28.4 Å². The molecule has 43 heavy (non-hydrogen) atoms. The Kier molecular flexibility index (Phi) is 6.32. The topological polar surface area (TPSA) is 119 Å². The van der Waals surface area contributed by atoms with Crippen LogP contribution in [0.2, 0.25) is 0 Å². The minimum atomic E-state index is -3.70. The molecule has 0 spiro atoms. The van der Waals surface area contributed by atoms with Gasteiger partial charge in [-0.2, -0.15) is 0 Å². The van der Waals surface area contributed by atoms with Crippen LogP contribution in [0, 0.1) is 5.82 Å². The number of hydrogen-bond acceptors (Lipinski definition) is 8. The molecule has 0 bridgehead atoms. The molecule has 3 aromatic heterocycles. The van der Waals surface area contributed by atoms with Crippen molar-refractivity contribution in [1.29, 1.82) is 0 Å². The minimum absolute atomic E-state index is 0.194. The third kappa shape index (κ3) is 4.38. The first-order valence-electron chi connectivity index (χ1n) is 13.7. The van der Waals surface area contributed by atoms with Crippen LogP contribution in [0.5, 0.6) is 5.75 Å². The number of morpholine rings is 1. The maximum Gasteiger partial charge on any atom is 0.257 e. The van der Waals surface area contributed by atoms with E-state index in [1.54, 1.807) is 43.4 Å². The van der Waals surface area contributed by atoms with E-state index in [0.717, 1.165) is 10.6 Å². The molecule has 11 nitrogen and oxygen atoms in total. The molecule has 13 heteroatoms. The van der Waals surface area contributed by atoms with E-state index in [1.165, 1.54) is 13.1 Å². The monoisotopic (exact) mass is 605 g/mol. The van der Waals surface area contributed by atoms with Gasteiger partial charge in [-0.3, -0.25) is 9.10 Å². The second-order valence-corrected chi connectivity index (χ2v) is 12.5. The van der Waals surface area contributed by atoms with Gasteiger partial charge >= 0.3 is 0 Å². The summed E-state index contributed by atoms with van der Waals surface area (Å²) in [7, 11) is -0.703. The molecule has 0 radical (unpaired) electrons. The zero-order chi connectivity index (χ0) is 30.0. The van der Waals surface area contributed by atoms with Gasteiger partial charge < -0.3 is 28.7 Å². The Morgan fingerprint density at radius 3 is 2.63 bits per heavy atom. The van der Waals surface area contributed by atoms with Crippen molar-refractivity contribution < 1.29 is 31.5 Å². The maximum absolute atomic E-state index is 14.7. The number of pyridine rings is 1. The Labute approximate surface area is 246 Å². The lowest BCUT2D eigenvalue weighted by atomic mass is 10.0. The zero-order valence-electron chi connectivity index (χ0n) is 23.7. The van der Waals surface area contributed by atoms with E-state index in [2.05, 4.69) is 5.32 Å². The number of benzene rings is 2. The summed E-state index contributed by atoms with van der Waals surface area (Å²) in [6, 6.07) is 13.5. The fraction of sp³-hybridized carbons (Fsp3) is 0.267. The quantitative estimate of drug-likeness (QED) is 0.317. The summed E-state index contributed by atoms with van der Waals surface area (Å²) in [5, 5.41) is 3.66. The van der Waals surface area contributed by atoms with Crippen molar-refractivity contribution in [3.05, 3.63) is 59.9 Å². The molecule has 1 fully saturated rings. The van der Waals surface area contributed by atoms with Gasteiger partial charge in [0, 0.05) is 49.6 Å². The van der Waals surface area contributed by atoms with E-state index >= 15 is 0 Å². The first-order chi connectivity index (χ1) is 20.7. The molecule has 5 heterocycles. The van der Waals surface area contributed by atoms with Crippen molar-refractivity contribution >= 4 is 49.4 Å².